The molecule has 38 heavy (non-hydrogen) atoms. The lowest BCUT2D eigenvalue weighted by molar-refractivity contribution is -0.112. The number of anilines is 5. The Labute approximate surface area is 224 Å². The SMILES string of the molecule is CN(C)c1ccc(C(=O)Nc2ccc(Nc3ccc(NC(=O)C4=CCC(C)(N(C)C)C=C4)cc3)cc2)cc1. The Hall–Kier alpha value is -4.36. The Morgan fingerprint density at radius 1 is 0.711 bits per heavy atom. The van der Waals surface area contributed by atoms with Crippen molar-refractivity contribution in [2.24, 2.45) is 0 Å². The first-order valence-corrected chi connectivity index (χ1v) is 12.6. The zero-order chi connectivity index (χ0) is 27.3. The smallest absolute Gasteiger partial charge is 0.255 e. The van der Waals surface area contributed by atoms with E-state index in [9.17, 15) is 9.59 Å². The van der Waals surface area contributed by atoms with Gasteiger partial charge in [0.05, 0.1) is 0 Å². The van der Waals surface area contributed by atoms with Crippen LogP contribution in [0.5, 0.6) is 0 Å². The minimum atomic E-state index is -0.153. The van der Waals surface area contributed by atoms with Crippen LogP contribution in [-0.4, -0.2) is 50.4 Å². The first-order valence-electron chi connectivity index (χ1n) is 12.6. The fraction of sp³-hybridized carbons (Fsp3) is 0.226. The molecule has 0 bridgehead atoms. The average Bonchev–Trinajstić information content (AvgIpc) is 2.91. The predicted molar refractivity (Wildman–Crippen MR) is 157 cm³/mol. The molecule has 7 heteroatoms. The van der Waals surface area contributed by atoms with Gasteiger partial charge in [-0.3, -0.25) is 9.59 Å². The lowest BCUT2D eigenvalue weighted by Gasteiger charge is -2.34. The van der Waals surface area contributed by atoms with Crippen LogP contribution in [0.4, 0.5) is 28.4 Å². The number of carbonyl (C=O) groups is 2. The minimum absolute atomic E-state index is 0.0703. The van der Waals surface area contributed by atoms with Gasteiger partial charge in [-0.2, -0.15) is 0 Å². The molecule has 0 saturated heterocycles. The molecule has 1 atom stereocenters. The van der Waals surface area contributed by atoms with Gasteiger partial charge in [-0.15, -0.1) is 0 Å². The summed E-state index contributed by atoms with van der Waals surface area (Å²) in [6.07, 6.45) is 6.74. The molecule has 3 N–H and O–H groups in total. The van der Waals surface area contributed by atoms with Crippen molar-refractivity contribution in [1.29, 1.82) is 0 Å². The van der Waals surface area contributed by atoms with Crippen LogP contribution in [0.25, 0.3) is 0 Å². The topological polar surface area (TPSA) is 76.7 Å². The molecule has 0 spiro atoms. The molecule has 1 unspecified atom stereocenters. The number of benzene rings is 3. The van der Waals surface area contributed by atoms with Gasteiger partial charge in [0.2, 0.25) is 0 Å². The van der Waals surface area contributed by atoms with E-state index in [-0.39, 0.29) is 17.4 Å². The fourth-order valence-corrected chi connectivity index (χ4v) is 3.98. The molecule has 3 aromatic rings. The standard InChI is InChI=1S/C31H35N5O2/c1-31(36(4)5)20-18-23(19-21-31)30(38)34-27-14-10-25(11-15-27)32-24-8-12-26(13-9-24)33-29(37)22-6-16-28(17-7-22)35(2)3/h6-20,32H,21H2,1-5H3,(H,33,37)(H,34,38). The lowest BCUT2D eigenvalue weighted by Crippen LogP contribution is -2.40. The summed E-state index contributed by atoms with van der Waals surface area (Å²) in [6.45, 7) is 2.15. The zero-order valence-electron chi connectivity index (χ0n) is 22.6. The number of likely N-dealkylation sites (N-methyl/N-ethyl adjacent to an activating group) is 1. The molecule has 196 valence electrons. The van der Waals surface area contributed by atoms with Crippen LogP contribution in [0.2, 0.25) is 0 Å². The van der Waals surface area contributed by atoms with E-state index >= 15 is 0 Å². The number of hydrogen-bond acceptors (Lipinski definition) is 5. The summed E-state index contributed by atoms with van der Waals surface area (Å²) in [5.74, 6) is -0.270. The maximum absolute atomic E-state index is 12.7. The van der Waals surface area contributed by atoms with E-state index in [1.807, 2.05) is 118 Å². The van der Waals surface area contributed by atoms with E-state index < -0.39 is 0 Å². The van der Waals surface area contributed by atoms with Gasteiger partial charge in [-0.25, -0.2) is 0 Å². The maximum Gasteiger partial charge on any atom is 0.255 e. The second-order valence-corrected chi connectivity index (χ2v) is 10.1. The van der Waals surface area contributed by atoms with Crippen LogP contribution < -0.4 is 20.9 Å². The predicted octanol–water partition coefficient (Wildman–Crippen LogP) is 5.89. The Morgan fingerprint density at radius 2 is 1.21 bits per heavy atom. The van der Waals surface area contributed by atoms with Crippen molar-refractivity contribution in [3.8, 4) is 0 Å². The second-order valence-electron chi connectivity index (χ2n) is 10.1. The fourth-order valence-electron chi connectivity index (χ4n) is 3.98. The van der Waals surface area contributed by atoms with Crippen LogP contribution in [0.1, 0.15) is 23.7 Å². The van der Waals surface area contributed by atoms with Gasteiger partial charge in [-0.1, -0.05) is 18.2 Å². The van der Waals surface area contributed by atoms with Gasteiger partial charge in [0.15, 0.2) is 0 Å². The molecule has 1 aliphatic carbocycles. The van der Waals surface area contributed by atoms with Gasteiger partial charge in [0, 0.05) is 59.2 Å². The summed E-state index contributed by atoms with van der Waals surface area (Å²) in [4.78, 5) is 29.4. The summed E-state index contributed by atoms with van der Waals surface area (Å²) in [5.41, 5.74) is 5.46. The number of carbonyl (C=O) groups excluding carboxylic acids is 2. The first kappa shape index (κ1) is 26.7. The van der Waals surface area contributed by atoms with Crippen LogP contribution in [0.15, 0.2) is 96.6 Å². The number of hydrogen-bond donors (Lipinski definition) is 3. The number of nitrogens with one attached hydrogen (secondary N) is 3. The Kier molecular flexibility index (Phi) is 7.98. The van der Waals surface area contributed by atoms with Crippen molar-refractivity contribution >= 4 is 40.3 Å². The van der Waals surface area contributed by atoms with Crippen LogP contribution in [0, 0.1) is 0 Å². The van der Waals surface area contributed by atoms with E-state index in [4.69, 9.17) is 0 Å². The van der Waals surface area contributed by atoms with Crippen molar-refractivity contribution in [3.05, 3.63) is 102 Å². The van der Waals surface area contributed by atoms with Crippen molar-refractivity contribution in [1.82, 2.24) is 4.90 Å². The highest BCUT2D eigenvalue weighted by molar-refractivity contribution is 6.06. The first-order chi connectivity index (χ1) is 18.1. The molecule has 0 saturated carbocycles. The highest BCUT2D eigenvalue weighted by Crippen LogP contribution is 2.26. The van der Waals surface area contributed by atoms with Gasteiger partial charge in [0.1, 0.15) is 0 Å². The Bertz CT molecular complexity index is 1340. The normalized spacial score (nSPS) is 16.5. The van der Waals surface area contributed by atoms with Crippen LogP contribution >= 0.6 is 0 Å². The largest absolute Gasteiger partial charge is 0.378 e. The molecule has 0 aliphatic heterocycles. The van der Waals surface area contributed by atoms with E-state index in [1.165, 1.54) is 0 Å². The second kappa shape index (κ2) is 11.4. The molecule has 0 heterocycles. The van der Waals surface area contributed by atoms with Crippen molar-refractivity contribution in [3.63, 3.8) is 0 Å². The Morgan fingerprint density at radius 3 is 1.66 bits per heavy atom. The molecule has 0 radical (unpaired) electrons. The van der Waals surface area contributed by atoms with Crippen LogP contribution in [0.3, 0.4) is 0 Å². The van der Waals surface area contributed by atoms with Crippen LogP contribution in [-0.2, 0) is 4.79 Å². The number of amides is 2. The Balaban J connectivity index is 1.30. The van der Waals surface area contributed by atoms with Gasteiger partial charge in [0.25, 0.3) is 11.8 Å². The van der Waals surface area contributed by atoms with E-state index in [1.54, 1.807) is 0 Å². The highest BCUT2D eigenvalue weighted by Gasteiger charge is 2.26. The van der Waals surface area contributed by atoms with Gasteiger partial charge in [-0.05, 0) is 100 Å². The van der Waals surface area contributed by atoms with Gasteiger partial charge >= 0.3 is 0 Å². The molecule has 1 aliphatic rings. The summed E-state index contributed by atoms with van der Waals surface area (Å²) in [7, 11) is 8.01. The third-order valence-corrected chi connectivity index (χ3v) is 6.86. The van der Waals surface area contributed by atoms with E-state index in [2.05, 4.69) is 33.9 Å². The summed E-state index contributed by atoms with van der Waals surface area (Å²) in [6, 6.07) is 22.6. The molecule has 2 amide bonds. The molecule has 3 aromatic carbocycles. The van der Waals surface area contributed by atoms with Gasteiger partial charge < -0.3 is 25.8 Å². The lowest BCUT2D eigenvalue weighted by atomic mass is 9.89. The molecular weight excluding hydrogens is 474 g/mol. The number of nitrogens with zero attached hydrogens (tertiary/aromatic N) is 2. The summed E-state index contributed by atoms with van der Waals surface area (Å²) < 4.78 is 0. The number of rotatable bonds is 8. The molecule has 7 nitrogen and oxygen atoms in total. The van der Waals surface area contributed by atoms with Crippen molar-refractivity contribution in [2.45, 2.75) is 18.9 Å². The molecule has 0 aromatic heterocycles. The molecule has 4 rings (SSSR count). The van der Waals surface area contributed by atoms with E-state index in [0.29, 0.717) is 16.8 Å². The third-order valence-electron chi connectivity index (χ3n) is 6.86. The molecule has 0 fully saturated rings. The zero-order valence-corrected chi connectivity index (χ0v) is 22.6. The highest BCUT2D eigenvalue weighted by atomic mass is 16.2. The molecular formula is C31H35N5O2. The summed E-state index contributed by atoms with van der Waals surface area (Å²) in [5, 5.41) is 9.23. The van der Waals surface area contributed by atoms with Crippen molar-refractivity contribution < 1.29 is 9.59 Å². The summed E-state index contributed by atoms with van der Waals surface area (Å²) >= 11 is 0. The van der Waals surface area contributed by atoms with E-state index in [0.717, 1.165) is 29.2 Å². The average molecular weight is 510 g/mol. The van der Waals surface area contributed by atoms with Crippen molar-refractivity contribution in [2.75, 3.05) is 49.0 Å². The quantitative estimate of drug-likeness (QED) is 0.353. The third kappa shape index (κ3) is 6.49. The minimum Gasteiger partial charge on any atom is -0.378 e. The monoisotopic (exact) mass is 509 g/mol. The maximum atomic E-state index is 12.7.